The van der Waals surface area contributed by atoms with Crippen molar-refractivity contribution in [3.63, 3.8) is 0 Å². The topological polar surface area (TPSA) is 461 Å². The normalized spacial score (nSPS) is 15.3. The number of aliphatic hydroxyl groups excluding tert-OH is 1. The number of rotatable bonds is 43. The number of likely N-dealkylation sites (tertiary alicyclic amines) is 1. The van der Waals surface area contributed by atoms with Crippen molar-refractivity contribution in [1.82, 2.24) is 58.1 Å². The van der Waals surface area contributed by atoms with Crippen LogP contribution in [0.25, 0.3) is 0 Å². The molecule has 0 aromatic heterocycles. The van der Waals surface area contributed by atoms with Crippen molar-refractivity contribution >= 4 is 82.7 Å². The zero-order valence-corrected chi connectivity index (χ0v) is 58.1. The van der Waals surface area contributed by atoms with Crippen LogP contribution in [0.3, 0.4) is 0 Å². The average molecular weight is 1340 g/mol. The van der Waals surface area contributed by atoms with Gasteiger partial charge in [-0.1, -0.05) is 103 Å². The molecule has 1 aromatic carbocycles. The van der Waals surface area contributed by atoms with Crippen LogP contribution in [0, 0.1) is 11.8 Å². The van der Waals surface area contributed by atoms with E-state index in [0.29, 0.717) is 18.4 Å². The molecule has 534 valence electrons. The number of nitrogens with two attached hydrogens (primary N) is 3. The van der Waals surface area contributed by atoms with E-state index in [9.17, 15) is 72.2 Å². The maximum absolute atomic E-state index is 14.4. The van der Waals surface area contributed by atoms with Crippen LogP contribution in [0.15, 0.2) is 30.3 Å². The highest BCUT2D eigenvalue weighted by Crippen LogP contribution is 2.23. The third-order valence-corrected chi connectivity index (χ3v) is 16.3. The quantitative estimate of drug-likeness (QED) is 0.0392. The first-order valence-corrected chi connectivity index (χ1v) is 33.1. The summed E-state index contributed by atoms with van der Waals surface area (Å²) in [5.41, 5.74) is 9.91. The van der Waals surface area contributed by atoms with Gasteiger partial charge < -0.3 is 80.4 Å². The molecule has 0 aliphatic carbocycles. The summed E-state index contributed by atoms with van der Waals surface area (Å²) in [6.45, 7) is 20.0. The third-order valence-electron chi connectivity index (χ3n) is 16.3. The molecule has 95 heavy (non-hydrogen) atoms. The van der Waals surface area contributed by atoms with E-state index < -0.39 is 167 Å². The van der Waals surface area contributed by atoms with Gasteiger partial charge in [0.1, 0.15) is 58.4 Å². The van der Waals surface area contributed by atoms with Crippen LogP contribution in [0.2, 0.25) is 0 Å². The molecule has 0 spiro atoms. The summed E-state index contributed by atoms with van der Waals surface area (Å²) in [4.78, 5) is 191. The zero-order chi connectivity index (χ0) is 72.2. The molecule has 1 saturated heterocycles. The van der Waals surface area contributed by atoms with Gasteiger partial charge in [0.15, 0.2) is 0 Å². The Morgan fingerprint density at radius 2 is 0.947 bits per heavy atom. The Morgan fingerprint density at radius 1 is 0.505 bits per heavy atom. The second-order valence-corrected chi connectivity index (χ2v) is 27.6. The standard InChI is InChI=1S/C66H110N14O15/c1-14-15-16-17-18-19-23-28-52(85)76-66(12,13)62(95)80-35-24-27-48(80)58(91)72-46(37-41-25-21-20-22-26-41)57(90)78-63(6,7)59(92)74-42(29-32-49(67)82)53(86)70-44(31-34-51(69)84)56(89)77-65(10,11)61(94)79-64(8,9)60(93)75-43(30-33-50(68)83)54(87)71-45(36-39(2)3)55(88)73-47(38-81)40(4)5/h20-22,25-26,39-40,42-48,81H,14-19,23-24,27-38H2,1-13H3,(H2,67,82)(H2,68,83)(H2,69,84)(H,70,86)(H,71,87)(H,72,91)(H,73,88)(H,74,92)(H,75,93)(H,76,85)(H,77,89)(H,78,90)(H,79,94)/t42-,43-,44-,45-,46-,47+,48-/m0/s1. The van der Waals surface area contributed by atoms with E-state index in [2.05, 4.69) is 60.1 Å². The molecule has 7 atom stereocenters. The van der Waals surface area contributed by atoms with E-state index in [1.54, 1.807) is 58.0 Å². The predicted molar refractivity (Wildman–Crippen MR) is 355 cm³/mol. The van der Waals surface area contributed by atoms with E-state index in [1.807, 2.05) is 13.8 Å². The van der Waals surface area contributed by atoms with Gasteiger partial charge in [-0.05, 0) is 118 Å². The summed E-state index contributed by atoms with van der Waals surface area (Å²) < 4.78 is 0. The van der Waals surface area contributed by atoms with Gasteiger partial charge in [-0.2, -0.15) is 0 Å². The van der Waals surface area contributed by atoms with Crippen molar-refractivity contribution in [1.29, 1.82) is 0 Å². The molecular formula is C66H110N14O15. The number of carbonyl (C=O) groups is 14. The molecule has 1 aliphatic heterocycles. The van der Waals surface area contributed by atoms with Crippen LogP contribution >= 0.6 is 0 Å². The van der Waals surface area contributed by atoms with E-state index in [-0.39, 0.29) is 69.4 Å². The van der Waals surface area contributed by atoms with Gasteiger partial charge in [-0.3, -0.25) is 67.1 Å². The monoisotopic (exact) mass is 1340 g/mol. The molecule has 2 rings (SSSR count). The van der Waals surface area contributed by atoms with Crippen molar-refractivity contribution in [3.8, 4) is 0 Å². The van der Waals surface area contributed by atoms with Gasteiger partial charge in [-0.25, -0.2) is 0 Å². The minimum Gasteiger partial charge on any atom is -0.394 e. The molecule has 0 unspecified atom stereocenters. The second-order valence-electron chi connectivity index (χ2n) is 27.6. The van der Waals surface area contributed by atoms with Gasteiger partial charge in [-0.15, -0.1) is 0 Å². The fourth-order valence-corrected chi connectivity index (χ4v) is 10.4. The molecule has 0 radical (unpaired) electrons. The number of benzene rings is 1. The molecule has 1 aliphatic rings. The highest BCUT2D eigenvalue weighted by atomic mass is 16.3. The first kappa shape index (κ1) is 82.9. The number of aliphatic hydroxyl groups is 1. The largest absolute Gasteiger partial charge is 0.394 e. The van der Waals surface area contributed by atoms with Gasteiger partial charge >= 0.3 is 0 Å². The van der Waals surface area contributed by atoms with Crippen LogP contribution in [0.4, 0.5) is 0 Å². The Balaban J connectivity index is 2.35. The Bertz CT molecular complexity index is 2830. The lowest BCUT2D eigenvalue weighted by Crippen LogP contribution is -2.66. The SMILES string of the molecule is CCCCCCCCCC(=O)NC(C)(C)C(=O)N1CCC[C@H]1C(=O)N[C@@H](Cc1ccccc1)C(=O)NC(C)(C)C(=O)N[C@@H](CCC(N)=O)C(=O)N[C@@H](CCC(N)=O)C(=O)NC(C)(C)C(=O)NC(C)(C)C(=O)N[C@@H](CCC(N)=O)C(=O)N[C@@H](CC(C)C)C(=O)N[C@H](CO)C(C)C. The van der Waals surface area contributed by atoms with E-state index in [4.69, 9.17) is 17.2 Å². The first-order valence-electron chi connectivity index (χ1n) is 33.1. The van der Waals surface area contributed by atoms with Gasteiger partial charge in [0, 0.05) is 38.6 Å². The molecule has 29 heteroatoms. The molecular weight excluding hydrogens is 1230 g/mol. The molecule has 14 amide bonds. The number of unbranched alkanes of at least 4 members (excludes halogenated alkanes) is 6. The summed E-state index contributed by atoms with van der Waals surface area (Å²) in [6.07, 6.45) is 5.57. The van der Waals surface area contributed by atoms with Crippen LogP contribution < -0.4 is 70.4 Å². The smallest absolute Gasteiger partial charge is 0.248 e. The lowest BCUT2D eigenvalue weighted by molar-refractivity contribution is -0.145. The number of nitrogens with one attached hydrogen (secondary N) is 10. The zero-order valence-electron chi connectivity index (χ0n) is 58.1. The molecule has 1 heterocycles. The minimum atomic E-state index is -1.93. The summed E-state index contributed by atoms with van der Waals surface area (Å²) in [5, 5.41) is 35.9. The summed E-state index contributed by atoms with van der Waals surface area (Å²) in [5.74, 6) is -11.6. The summed E-state index contributed by atoms with van der Waals surface area (Å²) in [7, 11) is 0. The fourth-order valence-electron chi connectivity index (χ4n) is 10.4. The number of nitrogens with zero attached hydrogens (tertiary/aromatic N) is 1. The highest BCUT2D eigenvalue weighted by Gasteiger charge is 2.44. The number of hydrogen-bond donors (Lipinski definition) is 14. The lowest BCUT2D eigenvalue weighted by atomic mass is 9.97. The first-order chi connectivity index (χ1) is 44.2. The van der Waals surface area contributed by atoms with Gasteiger partial charge in [0.25, 0.3) is 0 Å². The van der Waals surface area contributed by atoms with Crippen LogP contribution in [0.1, 0.15) is 205 Å². The predicted octanol–water partition coefficient (Wildman–Crippen LogP) is 0.340. The Hall–Kier alpha value is -8.24. The van der Waals surface area contributed by atoms with Crippen molar-refractivity contribution in [3.05, 3.63) is 35.9 Å². The maximum Gasteiger partial charge on any atom is 0.248 e. The number of primary amides is 3. The fraction of sp³-hybridized carbons (Fsp3) is 0.697. The van der Waals surface area contributed by atoms with Gasteiger partial charge in [0.2, 0.25) is 82.7 Å². The van der Waals surface area contributed by atoms with Crippen LogP contribution in [-0.2, 0) is 73.5 Å². The van der Waals surface area contributed by atoms with Crippen molar-refractivity contribution < 1.29 is 72.2 Å². The second kappa shape index (κ2) is 39.0. The molecule has 29 nitrogen and oxygen atoms in total. The van der Waals surface area contributed by atoms with Crippen LogP contribution in [0.5, 0.6) is 0 Å². The molecule has 0 bridgehead atoms. The van der Waals surface area contributed by atoms with Crippen LogP contribution in [-0.4, -0.2) is 170 Å². The Kier molecular flexibility index (Phi) is 34.0. The average Bonchev–Trinajstić information content (AvgIpc) is 1.81. The minimum absolute atomic E-state index is 0.0726. The van der Waals surface area contributed by atoms with E-state index in [1.165, 1.54) is 46.4 Å². The summed E-state index contributed by atoms with van der Waals surface area (Å²) >= 11 is 0. The van der Waals surface area contributed by atoms with E-state index >= 15 is 0 Å². The van der Waals surface area contributed by atoms with Crippen molar-refractivity contribution in [2.45, 2.75) is 270 Å². The molecule has 17 N–H and O–H groups in total. The molecule has 1 aromatic rings. The lowest BCUT2D eigenvalue weighted by Gasteiger charge is -2.34. The Labute approximate surface area is 559 Å². The maximum atomic E-state index is 14.4. The van der Waals surface area contributed by atoms with Crippen molar-refractivity contribution in [2.75, 3.05) is 13.2 Å². The van der Waals surface area contributed by atoms with Gasteiger partial charge in [0.05, 0.1) is 12.6 Å². The number of amides is 14. The molecule has 1 fully saturated rings. The van der Waals surface area contributed by atoms with Crippen molar-refractivity contribution in [2.24, 2.45) is 29.0 Å². The summed E-state index contributed by atoms with van der Waals surface area (Å²) in [6, 6.07) is -0.235. The molecule has 0 saturated carbocycles. The Morgan fingerprint density at radius 3 is 1.42 bits per heavy atom. The highest BCUT2D eigenvalue weighted by molar-refractivity contribution is 6.01. The number of carbonyl (C=O) groups excluding carboxylic acids is 14. The number of hydrogen-bond acceptors (Lipinski definition) is 15. The third kappa shape index (κ3) is 29.1. The van der Waals surface area contributed by atoms with E-state index in [0.717, 1.165) is 38.5 Å².